The largest absolute Gasteiger partial charge is 0.387 e. The quantitative estimate of drug-likeness (QED) is 0.862. The van der Waals surface area contributed by atoms with Crippen LogP contribution in [-0.4, -0.2) is 30.4 Å². The van der Waals surface area contributed by atoms with Gasteiger partial charge in [0, 0.05) is 19.2 Å². The average Bonchev–Trinajstić information content (AvgIpc) is 2.91. The fourth-order valence-electron chi connectivity index (χ4n) is 2.22. The van der Waals surface area contributed by atoms with Crippen molar-refractivity contribution in [1.82, 2.24) is 5.32 Å². The minimum atomic E-state index is -0.942. The van der Waals surface area contributed by atoms with Crippen molar-refractivity contribution in [2.45, 2.75) is 38.0 Å². The van der Waals surface area contributed by atoms with Crippen molar-refractivity contribution in [2.24, 2.45) is 0 Å². The minimum absolute atomic E-state index is 0.180. The fraction of sp³-hybridized carbons (Fsp3) is 0.571. The van der Waals surface area contributed by atoms with Crippen molar-refractivity contribution in [1.29, 1.82) is 0 Å². The maximum atomic E-state index is 13.1. The molecular formula is C14H19F2NO2. The van der Waals surface area contributed by atoms with Crippen LogP contribution in [0.15, 0.2) is 18.2 Å². The summed E-state index contributed by atoms with van der Waals surface area (Å²) in [6.45, 7) is 3.25. The molecule has 0 saturated carbocycles. The summed E-state index contributed by atoms with van der Waals surface area (Å²) in [5.41, 5.74) is 0.367. The SMILES string of the molecule is CC(NCC1CCCO1)C(O)c1ccc(F)c(F)c1. The van der Waals surface area contributed by atoms with Gasteiger partial charge in [-0.1, -0.05) is 6.07 Å². The summed E-state index contributed by atoms with van der Waals surface area (Å²) in [6.07, 6.45) is 1.38. The van der Waals surface area contributed by atoms with Gasteiger partial charge in [-0.05, 0) is 37.5 Å². The Kier molecular flexibility index (Phi) is 4.85. The van der Waals surface area contributed by atoms with Crippen molar-refractivity contribution in [3.8, 4) is 0 Å². The van der Waals surface area contributed by atoms with Gasteiger partial charge < -0.3 is 15.2 Å². The molecule has 1 heterocycles. The Bertz CT molecular complexity index is 422. The summed E-state index contributed by atoms with van der Waals surface area (Å²) in [5.74, 6) is -1.85. The Balaban J connectivity index is 1.89. The van der Waals surface area contributed by atoms with Gasteiger partial charge in [-0.3, -0.25) is 0 Å². The lowest BCUT2D eigenvalue weighted by Gasteiger charge is -2.22. The van der Waals surface area contributed by atoms with E-state index < -0.39 is 17.7 Å². The molecule has 3 unspecified atom stereocenters. The van der Waals surface area contributed by atoms with E-state index in [0.29, 0.717) is 12.1 Å². The third-order valence-electron chi connectivity index (χ3n) is 3.45. The number of halogens is 2. The molecule has 2 N–H and O–H groups in total. The Morgan fingerprint density at radius 1 is 1.42 bits per heavy atom. The molecule has 1 aromatic carbocycles. The molecule has 0 aliphatic carbocycles. The molecule has 3 atom stereocenters. The molecule has 1 aromatic rings. The predicted molar refractivity (Wildman–Crippen MR) is 67.8 cm³/mol. The van der Waals surface area contributed by atoms with Crippen molar-refractivity contribution in [3.05, 3.63) is 35.4 Å². The Morgan fingerprint density at radius 3 is 2.84 bits per heavy atom. The van der Waals surface area contributed by atoms with E-state index in [1.54, 1.807) is 6.92 Å². The Morgan fingerprint density at radius 2 is 2.21 bits per heavy atom. The highest BCUT2D eigenvalue weighted by atomic mass is 19.2. The maximum Gasteiger partial charge on any atom is 0.159 e. The first-order valence-electron chi connectivity index (χ1n) is 6.56. The van der Waals surface area contributed by atoms with Crippen LogP contribution in [0, 0.1) is 11.6 Å². The number of aliphatic hydroxyl groups excluding tert-OH is 1. The highest BCUT2D eigenvalue weighted by Gasteiger charge is 2.21. The molecule has 19 heavy (non-hydrogen) atoms. The molecule has 106 valence electrons. The highest BCUT2D eigenvalue weighted by molar-refractivity contribution is 5.21. The zero-order valence-corrected chi connectivity index (χ0v) is 10.9. The van der Waals surface area contributed by atoms with Gasteiger partial charge in [0.15, 0.2) is 11.6 Å². The number of rotatable bonds is 5. The highest BCUT2D eigenvalue weighted by Crippen LogP contribution is 2.20. The van der Waals surface area contributed by atoms with Gasteiger partial charge in [0.05, 0.1) is 12.2 Å². The number of hydrogen-bond donors (Lipinski definition) is 2. The molecule has 0 spiro atoms. The standard InChI is InChI=1S/C14H19F2NO2/c1-9(17-8-11-3-2-6-19-11)14(18)10-4-5-12(15)13(16)7-10/h4-5,7,9,11,14,17-18H,2-3,6,8H2,1H3. The second-order valence-corrected chi connectivity index (χ2v) is 4.95. The third kappa shape index (κ3) is 3.72. The first-order chi connectivity index (χ1) is 9.08. The van der Waals surface area contributed by atoms with E-state index in [2.05, 4.69) is 5.32 Å². The second kappa shape index (κ2) is 6.41. The van der Waals surface area contributed by atoms with Gasteiger partial charge in [-0.15, -0.1) is 0 Å². The maximum absolute atomic E-state index is 13.1. The summed E-state index contributed by atoms with van der Waals surface area (Å²) in [6, 6.07) is 3.20. The molecule has 0 amide bonds. The van der Waals surface area contributed by atoms with E-state index in [0.717, 1.165) is 31.6 Å². The number of hydrogen-bond acceptors (Lipinski definition) is 3. The molecular weight excluding hydrogens is 252 g/mol. The molecule has 1 saturated heterocycles. The van der Waals surface area contributed by atoms with Crippen LogP contribution < -0.4 is 5.32 Å². The molecule has 3 nitrogen and oxygen atoms in total. The second-order valence-electron chi connectivity index (χ2n) is 4.95. The molecule has 1 fully saturated rings. The van der Waals surface area contributed by atoms with E-state index in [9.17, 15) is 13.9 Å². The van der Waals surface area contributed by atoms with Gasteiger partial charge >= 0.3 is 0 Å². The lowest BCUT2D eigenvalue weighted by Crippen LogP contribution is -2.37. The molecule has 1 aliphatic heterocycles. The molecule has 1 aliphatic rings. The zero-order chi connectivity index (χ0) is 13.8. The van der Waals surface area contributed by atoms with Gasteiger partial charge in [0.25, 0.3) is 0 Å². The third-order valence-corrected chi connectivity index (χ3v) is 3.45. The molecule has 2 rings (SSSR count). The topological polar surface area (TPSA) is 41.5 Å². The van der Waals surface area contributed by atoms with E-state index in [-0.39, 0.29) is 12.1 Å². The van der Waals surface area contributed by atoms with Gasteiger partial charge in [-0.2, -0.15) is 0 Å². The van der Waals surface area contributed by atoms with Crippen LogP contribution in [0.25, 0.3) is 0 Å². The van der Waals surface area contributed by atoms with Crippen molar-refractivity contribution in [3.63, 3.8) is 0 Å². The van der Waals surface area contributed by atoms with Gasteiger partial charge in [-0.25, -0.2) is 8.78 Å². The molecule has 0 aromatic heterocycles. The number of benzene rings is 1. The van der Waals surface area contributed by atoms with Crippen LogP contribution in [0.2, 0.25) is 0 Å². The monoisotopic (exact) mass is 271 g/mol. The Labute approximate surface area is 111 Å². The first-order valence-corrected chi connectivity index (χ1v) is 6.56. The van der Waals surface area contributed by atoms with E-state index in [1.807, 2.05) is 0 Å². The predicted octanol–water partition coefficient (Wildman–Crippen LogP) is 2.16. The summed E-state index contributed by atoms with van der Waals surface area (Å²) < 4.78 is 31.4. The van der Waals surface area contributed by atoms with Crippen LogP contribution in [0.3, 0.4) is 0 Å². The molecule has 0 bridgehead atoms. The van der Waals surface area contributed by atoms with Crippen molar-refractivity contribution < 1.29 is 18.6 Å². The average molecular weight is 271 g/mol. The lowest BCUT2D eigenvalue weighted by atomic mass is 10.0. The normalized spacial score (nSPS) is 22.4. The minimum Gasteiger partial charge on any atom is -0.387 e. The fourth-order valence-corrected chi connectivity index (χ4v) is 2.22. The van der Waals surface area contributed by atoms with Crippen LogP contribution in [0.1, 0.15) is 31.4 Å². The van der Waals surface area contributed by atoms with Gasteiger partial charge in [0.1, 0.15) is 0 Å². The van der Waals surface area contributed by atoms with Crippen LogP contribution >= 0.6 is 0 Å². The smallest absolute Gasteiger partial charge is 0.159 e. The number of aliphatic hydroxyl groups is 1. The van der Waals surface area contributed by atoms with Crippen LogP contribution in [0.5, 0.6) is 0 Å². The number of ether oxygens (including phenoxy) is 1. The van der Waals surface area contributed by atoms with E-state index >= 15 is 0 Å². The molecule has 5 heteroatoms. The summed E-state index contributed by atoms with van der Waals surface area (Å²) in [5, 5.41) is 13.3. The van der Waals surface area contributed by atoms with Crippen molar-refractivity contribution in [2.75, 3.05) is 13.2 Å². The van der Waals surface area contributed by atoms with E-state index in [1.165, 1.54) is 6.07 Å². The summed E-state index contributed by atoms with van der Waals surface area (Å²) >= 11 is 0. The summed E-state index contributed by atoms with van der Waals surface area (Å²) in [4.78, 5) is 0. The molecule has 0 radical (unpaired) electrons. The lowest BCUT2D eigenvalue weighted by molar-refractivity contribution is 0.0909. The summed E-state index contributed by atoms with van der Waals surface area (Å²) in [7, 11) is 0. The van der Waals surface area contributed by atoms with Crippen molar-refractivity contribution >= 4 is 0 Å². The van der Waals surface area contributed by atoms with Crippen LogP contribution in [0.4, 0.5) is 8.78 Å². The number of nitrogens with one attached hydrogen (secondary N) is 1. The first kappa shape index (κ1) is 14.4. The zero-order valence-electron chi connectivity index (χ0n) is 10.9. The Hall–Kier alpha value is -1.04. The van der Waals surface area contributed by atoms with E-state index in [4.69, 9.17) is 4.74 Å². The van der Waals surface area contributed by atoms with Gasteiger partial charge in [0.2, 0.25) is 0 Å². The van der Waals surface area contributed by atoms with Crippen LogP contribution in [-0.2, 0) is 4.74 Å².